The van der Waals surface area contributed by atoms with Gasteiger partial charge in [0, 0.05) is 12.1 Å². The summed E-state index contributed by atoms with van der Waals surface area (Å²) in [6.07, 6.45) is 0.739. The minimum absolute atomic E-state index is 0.131. The average Bonchev–Trinajstić information content (AvgIpc) is 2.04. The zero-order chi connectivity index (χ0) is 8.55. The van der Waals surface area contributed by atoms with Gasteiger partial charge in [0.2, 0.25) is 0 Å². The summed E-state index contributed by atoms with van der Waals surface area (Å²) in [5.74, 6) is 0. The van der Waals surface area contributed by atoms with Crippen molar-refractivity contribution in [2.45, 2.75) is 13.0 Å². The Morgan fingerprint density at radius 1 is 1.42 bits per heavy atom. The molecule has 0 aromatic carbocycles. The second kappa shape index (κ2) is 2.84. The largest absolute Gasteiger partial charge is 0.376 e. The number of hydrogen-bond donors (Lipinski definition) is 2. The molecule has 0 radical (unpaired) electrons. The molecule has 0 fully saturated rings. The van der Waals surface area contributed by atoms with Gasteiger partial charge in [-0.15, -0.1) is 0 Å². The molecule has 1 aromatic rings. The van der Waals surface area contributed by atoms with E-state index in [1.54, 1.807) is 0 Å². The molecule has 1 aliphatic heterocycles. The number of H-pyrrole nitrogens is 2. The number of aromatic amines is 2. The molecule has 0 saturated carbocycles. The van der Waals surface area contributed by atoms with Crippen LogP contribution in [0.15, 0.2) is 4.79 Å². The van der Waals surface area contributed by atoms with E-state index in [4.69, 9.17) is 17.0 Å². The molecule has 0 saturated heterocycles. The summed E-state index contributed by atoms with van der Waals surface area (Å²) >= 11 is 4.83. The molecule has 0 bridgehead atoms. The summed E-state index contributed by atoms with van der Waals surface area (Å²) in [5, 5.41) is 0. The van der Waals surface area contributed by atoms with Gasteiger partial charge in [-0.25, -0.2) is 0 Å². The van der Waals surface area contributed by atoms with Gasteiger partial charge in [0.1, 0.15) is 0 Å². The zero-order valence-corrected chi connectivity index (χ0v) is 7.16. The van der Waals surface area contributed by atoms with E-state index in [0.717, 1.165) is 12.1 Å². The van der Waals surface area contributed by atoms with Crippen molar-refractivity contribution >= 4 is 12.2 Å². The Morgan fingerprint density at radius 3 is 3.08 bits per heavy atom. The van der Waals surface area contributed by atoms with Gasteiger partial charge >= 0.3 is 0 Å². The number of ether oxygens (including phenoxy) is 1. The Labute approximate surface area is 73.6 Å². The van der Waals surface area contributed by atoms with Crippen LogP contribution in [0.1, 0.15) is 11.3 Å². The van der Waals surface area contributed by atoms with Gasteiger partial charge in [-0.05, 0) is 12.2 Å². The fraction of sp³-hybridized carbons (Fsp3) is 0.429. The Bertz CT molecular complexity index is 407. The van der Waals surface area contributed by atoms with Crippen LogP contribution in [-0.2, 0) is 17.8 Å². The first-order valence-electron chi connectivity index (χ1n) is 3.69. The number of fused-ring (bicyclic) bond motifs is 1. The Morgan fingerprint density at radius 2 is 2.25 bits per heavy atom. The topological polar surface area (TPSA) is 57.9 Å². The molecule has 0 atom stereocenters. The molecular weight excluding hydrogens is 176 g/mol. The molecule has 0 aliphatic carbocycles. The lowest BCUT2D eigenvalue weighted by atomic mass is 10.1. The molecule has 0 unspecified atom stereocenters. The predicted octanol–water partition coefficient (Wildman–Crippen LogP) is 0.505. The van der Waals surface area contributed by atoms with Gasteiger partial charge in [0.25, 0.3) is 5.56 Å². The van der Waals surface area contributed by atoms with Crippen LogP contribution in [0.25, 0.3) is 0 Å². The van der Waals surface area contributed by atoms with Crippen LogP contribution in [0.4, 0.5) is 0 Å². The van der Waals surface area contributed by atoms with E-state index >= 15 is 0 Å². The highest BCUT2D eigenvalue weighted by Crippen LogP contribution is 2.08. The van der Waals surface area contributed by atoms with Gasteiger partial charge in [0.05, 0.1) is 18.8 Å². The Hall–Kier alpha value is -0.940. The van der Waals surface area contributed by atoms with E-state index in [9.17, 15) is 4.79 Å². The molecule has 2 heterocycles. The van der Waals surface area contributed by atoms with Crippen molar-refractivity contribution in [3.05, 3.63) is 26.4 Å². The van der Waals surface area contributed by atoms with Crippen molar-refractivity contribution in [1.29, 1.82) is 0 Å². The van der Waals surface area contributed by atoms with Gasteiger partial charge in [-0.3, -0.25) is 9.78 Å². The predicted molar refractivity (Wildman–Crippen MR) is 45.6 cm³/mol. The molecule has 1 aliphatic rings. The third-order valence-electron chi connectivity index (χ3n) is 1.87. The number of rotatable bonds is 0. The molecule has 12 heavy (non-hydrogen) atoms. The molecule has 1 aromatic heterocycles. The van der Waals surface area contributed by atoms with Crippen LogP contribution < -0.4 is 5.56 Å². The molecule has 64 valence electrons. The number of aromatic nitrogens is 2. The maximum absolute atomic E-state index is 11.3. The third kappa shape index (κ3) is 1.21. The first-order chi connectivity index (χ1) is 5.77. The monoisotopic (exact) mass is 184 g/mol. The summed E-state index contributed by atoms with van der Waals surface area (Å²) in [4.78, 5) is 16.7. The second-order valence-corrected chi connectivity index (χ2v) is 3.08. The van der Waals surface area contributed by atoms with Gasteiger partial charge in [-0.2, -0.15) is 0 Å². The second-order valence-electron chi connectivity index (χ2n) is 2.67. The molecule has 5 heteroatoms. The summed E-state index contributed by atoms with van der Waals surface area (Å²) in [6, 6.07) is 0. The maximum atomic E-state index is 11.3. The highest BCUT2D eigenvalue weighted by Gasteiger charge is 2.12. The zero-order valence-electron chi connectivity index (χ0n) is 6.35. The van der Waals surface area contributed by atoms with Gasteiger partial charge in [-0.1, -0.05) is 0 Å². The standard InChI is InChI=1S/C7H8N2O2S/c10-6-4-3-11-2-1-5(4)8-7(12)9-6/h1-3H2,(H2,8,9,10,12). The lowest BCUT2D eigenvalue weighted by Crippen LogP contribution is -2.23. The van der Waals surface area contributed by atoms with Crippen LogP contribution in [0.2, 0.25) is 0 Å². The molecular formula is C7H8N2O2S. The highest BCUT2D eigenvalue weighted by molar-refractivity contribution is 7.71. The third-order valence-corrected chi connectivity index (χ3v) is 2.08. The molecule has 2 N–H and O–H groups in total. The van der Waals surface area contributed by atoms with Crippen molar-refractivity contribution in [2.75, 3.05) is 6.61 Å². The van der Waals surface area contributed by atoms with E-state index in [2.05, 4.69) is 9.97 Å². The Kier molecular flexibility index (Phi) is 1.82. The maximum Gasteiger partial charge on any atom is 0.257 e. The van der Waals surface area contributed by atoms with Crippen LogP contribution in [0.3, 0.4) is 0 Å². The average molecular weight is 184 g/mol. The molecule has 0 spiro atoms. The van der Waals surface area contributed by atoms with E-state index in [0.29, 0.717) is 23.5 Å². The van der Waals surface area contributed by atoms with E-state index in [1.165, 1.54) is 0 Å². The molecule has 4 nitrogen and oxygen atoms in total. The summed E-state index contributed by atoms with van der Waals surface area (Å²) in [6.45, 7) is 1.04. The van der Waals surface area contributed by atoms with Gasteiger partial charge in [0.15, 0.2) is 4.77 Å². The summed E-state index contributed by atoms with van der Waals surface area (Å²) in [5.41, 5.74) is 1.46. The minimum atomic E-state index is -0.131. The van der Waals surface area contributed by atoms with Crippen LogP contribution >= 0.6 is 12.2 Å². The SMILES string of the molecule is O=c1[nH]c(=S)[nH]c2c1COCC2. The quantitative estimate of drug-likeness (QED) is 0.577. The van der Waals surface area contributed by atoms with Crippen molar-refractivity contribution in [3.63, 3.8) is 0 Å². The van der Waals surface area contributed by atoms with Crippen molar-refractivity contribution in [1.82, 2.24) is 9.97 Å². The minimum Gasteiger partial charge on any atom is -0.376 e. The van der Waals surface area contributed by atoms with E-state index in [-0.39, 0.29) is 5.56 Å². The number of nitrogens with one attached hydrogen (secondary N) is 2. The fourth-order valence-corrected chi connectivity index (χ4v) is 1.49. The van der Waals surface area contributed by atoms with Crippen molar-refractivity contribution in [3.8, 4) is 0 Å². The molecule has 0 amide bonds. The van der Waals surface area contributed by atoms with Crippen LogP contribution in [0.5, 0.6) is 0 Å². The summed E-state index contributed by atoms with van der Waals surface area (Å²) < 4.78 is 5.53. The van der Waals surface area contributed by atoms with Crippen molar-refractivity contribution < 1.29 is 4.74 Å². The lowest BCUT2D eigenvalue weighted by Gasteiger charge is -2.14. The highest BCUT2D eigenvalue weighted by atomic mass is 32.1. The Balaban J connectivity index is 2.68. The van der Waals surface area contributed by atoms with E-state index < -0.39 is 0 Å². The van der Waals surface area contributed by atoms with Crippen LogP contribution in [-0.4, -0.2) is 16.6 Å². The smallest absolute Gasteiger partial charge is 0.257 e. The first kappa shape index (κ1) is 7.70. The first-order valence-corrected chi connectivity index (χ1v) is 4.10. The lowest BCUT2D eigenvalue weighted by molar-refractivity contribution is 0.108. The van der Waals surface area contributed by atoms with Crippen molar-refractivity contribution in [2.24, 2.45) is 0 Å². The number of hydrogen-bond acceptors (Lipinski definition) is 3. The van der Waals surface area contributed by atoms with E-state index in [1.807, 2.05) is 0 Å². The van der Waals surface area contributed by atoms with Gasteiger partial charge < -0.3 is 9.72 Å². The fourth-order valence-electron chi connectivity index (χ4n) is 1.27. The summed E-state index contributed by atoms with van der Waals surface area (Å²) in [7, 11) is 0. The molecule has 2 rings (SSSR count). The van der Waals surface area contributed by atoms with Crippen LogP contribution in [0, 0.1) is 4.77 Å². The normalized spacial score (nSPS) is 15.7.